The minimum atomic E-state index is 0.518. The molecule has 0 heterocycles. The molecule has 0 saturated carbocycles. The van der Waals surface area contributed by atoms with Gasteiger partial charge in [0.05, 0.1) is 19.8 Å². The highest BCUT2D eigenvalue weighted by molar-refractivity contribution is 6.30. The van der Waals surface area contributed by atoms with Gasteiger partial charge in [0.1, 0.15) is 11.5 Å². The second-order valence-electron chi connectivity index (χ2n) is 5.32. The molecule has 0 atom stereocenters. The molecule has 4 nitrogen and oxygen atoms in total. The molecule has 0 aliphatic rings. The molecule has 24 heavy (non-hydrogen) atoms. The summed E-state index contributed by atoms with van der Waals surface area (Å²) in [6, 6.07) is 15.7. The van der Waals surface area contributed by atoms with Gasteiger partial charge in [0, 0.05) is 30.1 Å². The number of nitrogens with zero attached hydrogens (tertiary/aromatic N) is 1. The first kappa shape index (κ1) is 18.1. The van der Waals surface area contributed by atoms with Gasteiger partial charge in [-0.05, 0) is 36.2 Å². The monoisotopic (exact) mass is 344 g/mol. The third kappa shape index (κ3) is 5.77. The second kappa shape index (κ2) is 9.82. The number of benzene rings is 2. The number of ether oxygens (including phenoxy) is 2. The fourth-order valence-corrected chi connectivity index (χ4v) is 2.45. The summed E-state index contributed by atoms with van der Waals surface area (Å²) >= 11 is 5.97. The van der Waals surface area contributed by atoms with Crippen LogP contribution < -0.4 is 14.8 Å². The van der Waals surface area contributed by atoms with Crippen LogP contribution >= 0.6 is 11.6 Å². The lowest BCUT2D eigenvalue weighted by atomic mass is 10.1. The van der Waals surface area contributed by atoms with Crippen LogP contribution in [0.2, 0.25) is 5.02 Å². The zero-order chi connectivity index (χ0) is 17.2. The summed E-state index contributed by atoms with van der Waals surface area (Å²) in [6.45, 7) is 1.97. The Balaban J connectivity index is 1.85. The summed E-state index contributed by atoms with van der Waals surface area (Å²) < 4.78 is 11.0. The van der Waals surface area contributed by atoms with Gasteiger partial charge in [-0.25, -0.2) is 0 Å². The maximum Gasteiger partial charge on any atom is 0.124 e. The number of methoxy groups -OCH3 is 1. The largest absolute Gasteiger partial charge is 0.496 e. The number of rotatable bonds is 9. The fourth-order valence-electron chi connectivity index (χ4n) is 2.29. The Kier molecular flexibility index (Phi) is 7.41. The highest BCUT2D eigenvalue weighted by Gasteiger charge is 2.04. The van der Waals surface area contributed by atoms with Gasteiger partial charge in [-0.3, -0.25) is 0 Å². The van der Waals surface area contributed by atoms with E-state index >= 15 is 0 Å². The molecule has 0 saturated heterocycles. The minimum absolute atomic E-state index is 0.518. The molecule has 0 aliphatic heterocycles. The van der Waals surface area contributed by atoms with Crippen LogP contribution in [0.15, 0.2) is 42.5 Å². The Morgan fingerprint density at radius 2 is 2.04 bits per heavy atom. The highest BCUT2D eigenvalue weighted by atomic mass is 35.5. The number of halogens is 1. The summed E-state index contributed by atoms with van der Waals surface area (Å²) in [4.78, 5) is 0. The van der Waals surface area contributed by atoms with Crippen LogP contribution in [0.25, 0.3) is 0 Å². The van der Waals surface area contributed by atoms with Crippen LogP contribution in [-0.2, 0) is 13.1 Å². The van der Waals surface area contributed by atoms with Crippen molar-refractivity contribution >= 4 is 11.6 Å². The maximum absolute atomic E-state index is 8.52. The molecule has 126 valence electrons. The molecule has 0 radical (unpaired) electrons. The summed E-state index contributed by atoms with van der Waals surface area (Å²) in [5.41, 5.74) is 2.20. The average molecular weight is 345 g/mol. The van der Waals surface area contributed by atoms with Crippen LogP contribution in [0.4, 0.5) is 0 Å². The summed E-state index contributed by atoms with van der Waals surface area (Å²) in [5, 5.41) is 12.6. The van der Waals surface area contributed by atoms with E-state index in [4.69, 9.17) is 26.3 Å². The van der Waals surface area contributed by atoms with Gasteiger partial charge < -0.3 is 14.8 Å². The van der Waals surface area contributed by atoms with E-state index in [-0.39, 0.29) is 0 Å². The Bertz CT molecular complexity index is 698. The molecule has 0 aromatic heterocycles. The molecule has 0 unspecified atom stereocenters. The Hall–Kier alpha value is -2.22. The first-order valence-electron chi connectivity index (χ1n) is 7.84. The predicted octanol–water partition coefficient (Wildman–Crippen LogP) is 4.32. The molecule has 2 aromatic carbocycles. The number of unbranched alkanes of at least 4 members (excludes halogenated alkanes) is 1. The zero-order valence-corrected chi connectivity index (χ0v) is 14.5. The van der Waals surface area contributed by atoms with Crippen molar-refractivity contribution in [1.82, 2.24) is 5.32 Å². The number of hydrogen-bond donors (Lipinski definition) is 1. The van der Waals surface area contributed by atoms with E-state index in [0.717, 1.165) is 35.6 Å². The first-order valence-corrected chi connectivity index (χ1v) is 8.22. The van der Waals surface area contributed by atoms with Crippen molar-refractivity contribution in [3.63, 3.8) is 0 Å². The van der Waals surface area contributed by atoms with E-state index in [0.29, 0.717) is 24.6 Å². The molecule has 0 spiro atoms. The molecular formula is C19H21ClN2O2. The normalized spacial score (nSPS) is 10.2. The molecule has 0 aliphatic carbocycles. The molecule has 0 fully saturated rings. The van der Waals surface area contributed by atoms with Crippen molar-refractivity contribution in [2.24, 2.45) is 0 Å². The number of nitriles is 1. The third-order valence-electron chi connectivity index (χ3n) is 3.49. The predicted molar refractivity (Wildman–Crippen MR) is 95.3 cm³/mol. The molecule has 5 heteroatoms. The summed E-state index contributed by atoms with van der Waals surface area (Å²) in [5.74, 6) is 1.61. The Morgan fingerprint density at radius 3 is 2.83 bits per heavy atom. The van der Waals surface area contributed by atoms with Crippen LogP contribution in [-0.4, -0.2) is 13.7 Å². The van der Waals surface area contributed by atoms with Crippen LogP contribution in [0, 0.1) is 11.3 Å². The summed E-state index contributed by atoms with van der Waals surface area (Å²) in [6.07, 6.45) is 1.26. The zero-order valence-electron chi connectivity index (χ0n) is 13.7. The van der Waals surface area contributed by atoms with Crippen molar-refractivity contribution in [1.29, 1.82) is 5.26 Å². The molecule has 0 amide bonds. The summed E-state index contributed by atoms with van der Waals surface area (Å²) in [7, 11) is 1.64. The fraction of sp³-hybridized carbons (Fsp3) is 0.316. The molecular weight excluding hydrogens is 324 g/mol. The second-order valence-corrected chi connectivity index (χ2v) is 5.75. The van der Waals surface area contributed by atoms with Crippen molar-refractivity contribution in [2.45, 2.75) is 25.9 Å². The van der Waals surface area contributed by atoms with Crippen LogP contribution in [0.5, 0.6) is 11.5 Å². The standard InChI is InChI=1S/C19H21ClN2O2/c1-23-19-12-17(20)8-7-16(19)14-22-13-15-5-4-6-18(11-15)24-10-3-2-9-21/h4-8,11-12,22H,2-3,10,13-14H2,1H3. The third-order valence-corrected chi connectivity index (χ3v) is 3.73. The number of hydrogen-bond acceptors (Lipinski definition) is 4. The van der Waals surface area contributed by atoms with Gasteiger partial charge >= 0.3 is 0 Å². The lowest BCUT2D eigenvalue weighted by molar-refractivity contribution is 0.312. The van der Waals surface area contributed by atoms with Gasteiger partial charge in [0.25, 0.3) is 0 Å². The highest BCUT2D eigenvalue weighted by Crippen LogP contribution is 2.23. The molecule has 2 aromatic rings. The van der Waals surface area contributed by atoms with Gasteiger partial charge in [-0.1, -0.05) is 29.8 Å². The van der Waals surface area contributed by atoms with Crippen LogP contribution in [0.3, 0.4) is 0 Å². The quantitative estimate of drug-likeness (QED) is 0.688. The van der Waals surface area contributed by atoms with E-state index in [1.165, 1.54) is 0 Å². The molecule has 0 bridgehead atoms. The van der Waals surface area contributed by atoms with Gasteiger partial charge in [0.15, 0.2) is 0 Å². The van der Waals surface area contributed by atoms with Crippen molar-refractivity contribution < 1.29 is 9.47 Å². The maximum atomic E-state index is 8.52. The van der Waals surface area contributed by atoms with E-state index in [2.05, 4.69) is 11.4 Å². The Morgan fingerprint density at radius 1 is 1.17 bits per heavy atom. The molecule has 2 rings (SSSR count). The lowest BCUT2D eigenvalue weighted by Gasteiger charge is -2.11. The van der Waals surface area contributed by atoms with E-state index < -0.39 is 0 Å². The first-order chi connectivity index (χ1) is 11.7. The van der Waals surface area contributed by atoms with Gasteiger partial charge in [0.2, 0.25) is 0 Å². The average Bonchev–Trinajstić information content (AvgIpc) is 2.60. The molecule has 1 N–H and O–H groups in total. The van der Waals surface area contributed by atoms with Crippen molar-refractivity contribution in [3.05, 3.63) is 58.6 Å². The van der Waals surface area contributed by atoms with Gasteiger partial charge in [-0.15, -0.1) is 0 Å². The lowest BCUT2D eigenvalue weighted by Crippen LogP contribution is -2.13. The smallest absolute Gasteiger partial charge is 0.124 e. The van der Waals surface area contributed by atoms with Gasteiger partial charge in [-0.2, -0.15) is 5.26 Å². The van der Waals surface area contributed by atoms with Crippen molar-refractivity contribution in [3.8, 4) is 17.6 Å². The van der Waals surface area contributed by atoms with E-state index in [1.807, 2.05) is 42.5 Å². The SMILES string of the molecule is COc1cc(Cl)ccc1CNCc1cccc(OCCCC#N)c1. The number of nitrogens with one attached hydrogen (secondary N) is 1. The minimum Gasteiger partial charge on any atom is -0.496 e. The van der Waals surface area contributed by atoms with E-state index in [9.17, 15) is 0 Å². The topological polar surface area (TPSA) is 54.3 Å². The Labute approximate surface area is 148 Å². The van der Waals surface area contributed by atoms with Crippen LogP contribution in [0.1, 0.15) is 24.0 Å². The van der Waals surface area contributed by atoms with E-state index in [1.54, 1.807) is 7.11 Å². The van der Waals surface area contributed by atoms with Crippen molar-refractivity contribution in [2.75, 3.05) is 13.7 Å².